The van der Waals surface area contributed by atoms with Gasteiger partial charge in [0.05, 0.1) is 35.0 Å². The van der Waals surface area contributed by atoms with Crippen molar-refractivity contribution in [1.82, 2.24) is 9.29 Å². The monoisotopic (exact) mass is 606 g/mol. The van der Waals surface area contributed by atoms with E-state index in [-0.39, 0.29) is 16.5 Å². The van der Waals surface area contributed by atoms with Gasteiger partial charge < -0.3 is 9.47 Å². The van der Waals surface area contributed by atoms with Crippen molar-refractivity contribution in [3.8, 4) is 11.5 Å². The zero-order chi connectivity index (χ0) is 29.7. The average molecular weight is 607 g/mol. The molecule has 3 aromatic carbocycles. The molecular weight excluding hydrogens is 572 g/mol. The molecule has 42 heavy (non-hydrogen) atoms. The predicted octanol–water partition coefficient (Wildman–Crippen LogP) is 6.34. The zero-order valence-electron chi connectivity index (χ0n) is 23.9. The minimum Gasteiger partial charge on any atom is -0.497 e. The number of benzene rings is 3. The number of anilines is 1. The highest BCUT2D eigenvalue weighted by atomic mass is 32.2. The number of thiazole rings is 1. The topological polar surface area (TPSA) is 101 Å². The summed E-state index contributed by atoms with van der Waals surface area (Å²) in [6.45, 7) is 2.48. The lowest BCUT2D eigenvalue weighted by molar-refractivity contribution is 0.0987. The number of nitrogens with zero attached hydrogens (tertiary/aromatic N) is 4. The molecule has 0 aliphatic heterocycles. The van der Waals surface area contributed by atoms with Crippen molar-refractivity contribution >= 4 is 48.8 Å². The Kier molecular flexibility index (Phi) is 9.20. The Balaban J connectivity index is 1.44. The van der Waals surface area contributed by atoms with Crippen LogP contribution in [0.3, 0.4) is 0 Å². The first-order valence-electron chi connectivity index (χ1n) is 13.9. The number of aromatic nitrogens is 1. The molecule has 1 fully saturated rings. The van der Waals surface area contributed by atoms with E-state index in [1.165, 1.54) is 44.9 Å². The fourth-order valence-corrected chi connectivity index (χ4v) is 7.31. The predicted molar refractivity (Wildman–Crippen MR) is 166 cm³/mol. The fraction of sp³-hybridized carbons (Fsp3) is 0.323. The molecule has 0 spiro atoms. The number of amides is 1. The van der Waals surface area contributed by atoms with E-state index in [1.54, 1.807) is 20.4 Å². The van der Waals surface area contributed by atoms with Gasteiger partial charge in [0, 0.05) is 18.7 Å². The van der Waals surface area contributed by atoms with E-state index >= 15 is 0 Å². The fourth-order valence-electron chi connectivity index (χ4n) is 4.94. The molecule has 1 aliphatic carbocycles. The van der Waals surface area contributed by atoms with Crippen LogP contribution in [-0.4, -0.2) is 56.6 Å². The molecule has 0 radical (unpaired) electrons. The summed E-state index contributed by atoms with van der Waals surface area (Å²) in [6.07, 6.45) is 6.51. The van der Waals surface area contributed by atoms with Crippen molar-refractivity contribution in [2.75, 3.05) is 25.8 Å². The summed E-state index contributed by atoms with van der Waals surface area (Å²) in [5.74, 6) is 0.989. The number of carbonyl (C=O) groups excluding carboxylic acids is 1. The van der Waals surface area contributed by atoms with Gasteiger partial charge in [-0.15, -0.1) is 0 Å². The van der Waals surface area contributed by atoms with Gasteiger partial charge in [-0.2, -0.15) is 14.4 Å². The molecule has 0 unspecified atom stereocenters. The molecule has 1 saturated carbocycles. The van der Waals surface area contributed by atoms with E-state index in [0.29, 0.717) is 23.0 Å². The maximum atomic E-state index is 13.8. The summed E-state index contributed by atoms with van der Waals surface area (Å²) in [6, 6.07) is 18.9. The van der Waals surface area contributed by atoms with Crippen molar-refractivity contribution < 1.29 is 22.7 Å². The molecule has 0 atom stereocenters. The second kappa shape index (κ2) is 13.0. The van der Waals surface area contributed by atoms with Gasteiger partial charge in [0.15, 0.2) is 0 Å². The van der Waals surface area contributed by atoms with Crippen LogP contribution >= 0.6 is 11.3 Å². The van der Waals surface area contributed by atoms with E-state index in [4.69, 9.17) is 9.47 Å². The minimum atomic E-state index is -3.69. The number of hydrogen-bond donors (Lipinski definition) is 0. The molecule has 11 heteroatoms. The van der Waals surface area contributed by atoms with Crippen LogP contribution in [0.25, 0.3) is 10.2 Å². The van der Waals surface area contributed by atoms with Crippen molar-refractivity contribution in [2.45, 2.75) is 50.0 Å². The molecule has 5 rings (SSSR count). The average Bonchev–Trinajstić information content (AvgIpc) is 3.45. The Morgan fingerprint density at radius 3 is 2.38 bits per heavy atom. The van der Waals surface area contributed by atoms with Crippen LogP contribution in [-0.2, 0) is 10.0 Å². The van der Waals surface area contributed by atoms with Crippen molar-refractivity contribution in [3.63, 3.8) is 0 Å². The highest BCUT2D eigenvalue weighted by Crippen LogP contribution is 2.33. The lowest BCUT2D eigenvalue weighted by atomic mass is 9.96. The van der Waals surface area contributed by atoms with Crippen LogP contribution < -0.4 is 14.5 Å². The summed E-state index contributed by atoms with van der Waals surface area (Å²) in [5, 5.41) is 6.14. The standard InChI is InChI=1S/C31H34N4O5S2/c1-4-40-25-14-10-22(11-15-25)21-32-35(31-33-28-19-16-26(39-3)20-29(28)41-31)30(36)23-12-17-27(18-13-23)42(37,38)34(2)24-8-6-5-7-9-24/h10-21,24H,4-9H2,1-3H3/b32-21+. The van der Waals surface area contributed by atoms with Crippen LogP contribution in [0.15, 0.2) is 76.7 Å². The molecule has 1 heterocycles. The number of fused-ring (bicyclic) bond motifs is 1. The van der Waals surface area contributed by atoms with Gasteiger partial charge in [0.2, 0.25) is 15.2 Å². The molecule has 1 aliphatic rings. The van der Waals surface area contributed by atoms with Crippen molar-refractivity contribution in [1.29, 1.82) is 0 Å². The third-order valence-electron chi connectivity index (χ3n) is 7.34. The summed E-state index contributed by atoms with van der Waals surface area (Å²) < 4.78 is 39.8. The lowest BCUT2D eigenvalue weighted by Crippen LogP contribution is -2.38. The number of hydrogen-bond acceptors (Lipinski definition) is 8. The van der Waals surface area contributed by atoms with Gasteiger partial charge >= 0.3 is 0 Å². The van der Waals surface area contributed by atoms with Crippen LogP contribution in [0.2, 0.25) is 0 Å². The van der Waals surface area contributed by atoms with Gasteiger partial charge in [-0.3, -0.25) is 4.79 Å². The molecule has 4 aromatic rings. The molecule has 0 N–H and O–H groups in total. The maximum Gasteiger partial charge on any atom is 0.280 e. The number of rotatable bonds is 10. The van der Waals surface area contributed by atoms with Gasteiger partial charge in [-0.05, 0) is 92.1 Å². The zero-order valence-corrected chi connectivity index (χ0v) is 25.5. The first-order chi connectivity index (χ1) is 20.3. The van der Waals surface area contributed by atoms with Gasteiger partial charge in [-0.25, -0.2) is 13.4 Å². The highest BCUT2D eigenvalue weighted by molar-refractivity contribution is 7.89. The second-order valence-corrected chi connectivity index (χ2v) is 13.0. The van der Waals surface area contributed by atoms with Crippen molar-refractivity contribution in [2.24, 2.45) is 5.10 Å². The van der Waals surface area contributed by atoms with Gasteiger partial charge in [-0.1, -0.05) is 30.6 Å². The Bertz CT molecular complexity index is 1660. The Hall–Kier alpha value is -3.80. The molecule has 1 amide bonds. The smallest absolute Gasteiger partial charge is 0.280 e. The second-order valence-electron chi connectivity index (χ2n) is 10.0. The van der Waals surface area contributed by atoms with E-state index in [2.05, 4.69) is 10.1 Å². The van der Waals surface area contributed by atoms with Crippen LogP contribution in [0.1, 0.15) is 54.9 Å². The molecule has 220 valence electrons. The third kappa shape index (κ3) is 6.48. The molecule has 1 aromatic heterocycles. The summed E-state index contributed by atoms with van der Waals surface area (Å²) in [7, 11) is -0.448. The number of sulfonamides is 1. The Morgan fingerprint density at radius 2 is 1.71 bits per heavy atom. The SMILES string of the molecule is CCOc1ccc(/C=N/N(C(=O)c2ccc(S(=O)(=O)N(C)C3CCCCC3)cc2)c2nc3ccc(OC)cc3s2)cc1. The van der Waals surface area contributed by atoms with Crippen LogP contribution in [0, 0.1) is 0 Å². The minimum absolute atomic E-state index is 0.00449. The van der Waals surface area contributed by atoms with Crippen molar-refractivity contribution in [3.05, 3.63) is 77.9 Å². The molecule has 9 nitrogen and oxygen atoms in total. The first-order valence-corrected chi connectivity index (χ1v) is 16.2. The first kappa shape index (κ1) is 29.7. The Morgan fingerprint density at radius 1 is 1.02 bits per heavy atom. The summed E-state index contributed by atoms with van der Waals surface area (Å²) >= 11 is 1.31. The summed E-state index contributed by atoms with van der Waals surface area (Å²) in [4.78, 5) is 18.6. The number of hydrazone groups is 1. The van der Waals surface area contributed by atoms with E-state index in [9.17, 15) is 13.2 Å². The number of ether oxygens (including phenoxy) is 2. The van der Waals surface area contributed by atoms with E-state index in [1.807, 2.05) is 49.4 Å². The largest absolute Gasteiger partial charge is 0.497 e. The third-order valence-corrected chi connectivity index (χ3v) is 10.3. The van der Waals surface area contributed by atoms with E-state index < -0.39 is 15.9 Å². The number of carbonyl (C=O) groups is 1. The van der Waals surface area contributed by atoms with Gasteiger partial charge in [0.1, 0.15) is 11.5 Å². The Labute approximate surface area is 250 Å². The maximum absolute atomic E-state index is 13.8. The lowest BCUT2D eigenvalue weighted by Gasteiger charge is -2.30. The molecule has 0 bridgehead atoms. The molecular formula is C31H34N4O5S2. The van der Waals surface area contributed by atoms with Crippen LogP contribution in [0.5, 0.6) is 11.5 Å². The highest BCUT2D eigenvalue weighted by Gasteiger charge is 2.29. The summed E-state index contributed by atoms with van der Waals surface area (Å²) in [5.41, 5.74) is 1.76. The molecule has 0 saturated heterocycles. The van der Waals surface area contributed by atoms with E-state index in [0.717, 1.165) is 48.1 Å². The normalized spacial score (nSPS) is 14.5. The van der Waals surface area contributed by atoms with Crippen LogP contribution in [0.4, 0.5) is 5.13 Å². The number of methoxy groups -OCH3 is 1. The van der Waals surface area contributed by atoms with Gasteiger partial charge in [0.25, 0.3) is 5.91 Å². The quantitative estimate of drug-likeness (QED) is 0.154.